The monoisotopic (exact) mass is 496 g/mol. The Hall–Kier alpha value is -5.11. The molecule has 1 spiro atoms. The van der Waals surface area contributed by atoms with E-state index in [1.54, 1.807) is 36.4 Å². The van der Waals surface area contributed by atoms with Crippen LogP contribution in [-0.2, 0) is 10.2 Å². The van der Waals surface area contributed by atoms with Gasteiger partial charge in [-0.05, 0) is 47.0 Å². The maximum Gasteiger partial charge on any atom is 0.331 e. The van der Waals surface area contributed by atoms with E-state index >= 15 is 0 Å². The first-order valence-corrected chi connectivity index (χ1v) is 11.4. The zero-order valence-electron chi connectivity index (χ0n) is 19.1. The number of aromatic hydroxyl groups is 5. The van der Waals surface area contributed by atoms with Crippen molar-refractivity contribution in [3.63, 3.8) is 0 Å². The van der Waals surface area contributed by atoms with Crippen molar-refractivity contribution in [2.45, 2.75) is 11.5 Å². The van der Waals surface area contributed by atoms with Crippen molar-refractivity contribution in [2.24, 2.45) is 0 Å². The summed E-state index contributed by atoms with van der Waals surface area (Å²) in [6, 6.07) is 17.8. The number of rotatable bonds is 3. The summed E-state index contributed by atoms with van der Waals surface area (Å²) in [6.45, 7) is 0. The van der Waals surface area contributed by atoms with E-state index in [1.165, 1.54) is 42.5 Å². The van der Waals surface area contributed by atoms with Gasteiger partial charge >= 0.3 is 5.97 Å². The molecule has 0 fully saturated rings. The molecule has 0 amide bonds. The first-order valence-electron chi connectivity index (χ1n) is 11.4. The van der Waals surface area contributed by atoms with Crippen molar-refractivity contribution in [3.05, 3.63) is 101 Å². The number of ether oxygens (including phenoxy) is 2. The van der Waals surface area contributed by atoms with Gasteiger partial charge in [0, 0.05) is 23.8 Å². The maximum absolute atomic E-state index is 13.8. The summed E-state index contributed by atoms with van der Waals surface area (Å²) in [5.41, 5.74) is 0.489. The summed E-state index contributed by atoms with van der Waals surface area (Å²) in [5, 5.41) is 51.0. The molecule has 0 unspecified atom stereocenters. The summed E-state index contributed by atoms with van der Waals surface area (Å²) in [5.74, 6) is -1.14. The lowest BCUT2D eigenvalue weighted by Gasteiger charge is -2.29. The lowest BCUT2D eigenvalue weighted by molar-refractivity contribution is -0.139. The zero-order valence-corrected chi connectivity index (χ0v) is 19.1. The highest BCUT2D eigenvalue weighted by atomic mass is 16.6. The minimum atomic E-state index is -1.69. The lowest BCUT2D eigenvalue weighted by Crippen LogP contribution is -2.40. The van der Waals surface area contributed by atoms with Gasteiger partial charge in [0.1, 0.15) is 46.4 Å². The van der Waals surface area contributed by atoms with Gasteiger partial charge in [0.2, 0.25) is 0 Å². The van der Waals surface area contributed by atoms with Crippen LogP contribution in [0, 0.1) is 0 Å². The van der Waals surface area contributed by atoms with Crippen LogP contribution in [0.1, 0.15) is 33.9 Å². The van der Waals surface area contributed by atoms with Crippen LogP contribution in [0.3, 0.4) is 0 Å². The molecule has 4 aromatic rings. The van der Waals surface area contributed by atoms with Gasteiger partial charge in [0.25, 0.3) is 0 Å². The smallest absolute Gasteiger partial charge is 0.331 e. The SMILES string of the molecule is O=C1Oc2cc(O)cc(C=Cc3ccc(O)cc3)c2[C@@]12c1c(O)cc(O)cc1O[C@@H]2c1ccc(O)cc1. The Kier molecular flexibility index (Phi) is 4.81. The number of fused-ring (bicyclic) bond motifs is 4. The van der Waals surface area contributed by atoms with Gasteiger partial charge in [-0.3, -0.25) is 4.79 Å². The fourth-order valence-electron chi connectivity index (χ4n) is 5.16. The highest BCUT2D eigenvalue weighted by Gasteiger charge is 2.64. The van der Waals surface area contributed by atoms with Gasteiger partial charge in [0.05, 0.1) is 5.56 Å². The van der Waals surface area contributed by atoms with Crippen LogP contribution in [0.2, 0.25) is 0 Å². The molecule has 0 aliphatic carbocycles. The standard InChI is InChI=1S/C29H20O8/c30-18-7-2-15(3-8-18)1-4-17-11-20(32)13-23-25(17)29(28(35)37-23)26-22(34)12-21(33)14-24(26)36-27(29)16-5-9-19(31)10-6-16/h1-14,27,30-34H/t27-,29+/m1/s1. The molecule has 2 atom stereocenters. The number of hydrogen-bond acceptors (Lipinski definition) is 8. The molecule has 37 heavy (non-hydrogen) atoms. The second kappa shape index (κ2) is 7.96. The van der Waals surface area contributed by atoms with Gasteiger partial charge in [-0.1, -0.05) is 36.4 Å². The van der Waals surface area contributed by atoms with E-state index in [0.29, 0.717) is 16.7 Å². The van der Waals surface area contributed by atoms with Gasteiger partial charge in [-0.2, -0.15) is 0 Å². The molecule has 0 saturated heterocycles. The van der Waals surface area contributed by atoms with E-state index in [2.05, 4.69) is 0 Å². The van der Waals surface area contributed by atoms with Crippen LogP contribution in [0.25, 0.3) is 12.2 Å². The number of hydrogen-bond donors (Lipinski definition) is 5. The molecule has 0 aromatic heterocycles. The highest BCUT2D eigenvalue weighted by Crippen LogP contribution is 2.63. The Balaban J connectivity index is 1.63. The van der Waals surface area contributed by atoms with Crippen LogP contribution < -0.4 is 9.47 Å². The minimum Gasteiger partial charge on any atom is -0.508 e. The zero-order chi connectivity index (χ0) is 25.9. The molecule has 6 rings (SSSR count). The van der Waals surface area contributed by atoms with Crippen LogP contribution in [0.4, 0.5) is 0 Å². The third kappa shape index (κ3) is 3.34. The topological polar surface area (TPSA) is 137 Å². The quantitative estimate of drug-likeness (QED) is 0.156. The summed E-state index contributed by atoms with van der Waals surface area (Å²) in [4.78, 5) is 13.8. The molecule has 8 nitrogen and oxygen atoms in total. The van der Waals surface area contributed by atoms with Gasteiger partial charge in [-0.25, -0.2) is 0 Å². The van der Waals surface area contributed by atoms with Crippen LogP contribution in [-0.4, -0.2) is 31.5 Å². The first kappa shape index (κ1) is 22.4. The van der Waals surface area contributed by atoms with Crippen molar-refractivity contribution >= 4 is 18.1 Å². The summed E-state index contributed by atoms with van der Waals surface area (Å²) in [6.07, 6.45) is 2.40. The molecule has 8 heteroatoms. The average Bonchev–Trinajstić information content (AvgIpc) is 3.34. The van der Waals surface area contributed by atoms with E-state index in [9.17, 15) is 30.3 Å². The second-order valence-corrected chi connectivity index (χ2v) is 8.96. The van der Waals surface area contributed by atoms with E-state index in [0.717, 1.165) is 11.6 Å². The Bertz CT molecular complexity index is 1590. The van der Waals surface area contributed by atoms with Crippen LogP contribution in [0.5, 0.6) is 40.2 Å². The van der Waals surface area contributed by atoms with Crippen molar-refractivity contribution in [2.75, 3.05) is 0 Å². The predicted octanol–water partition coefficient (Wildman–Crippen LogP) is 4.72. The number of benzene rings is 4. The molecule has 0 radical (unpaired) electrons. The molecule has 184 valence electrons. The third-order valence-electron chi connectivity index (χ3n) is 6.68. The van der Waals surface area contributed by atoms with Crippen molar-refractivity contribution in [1.82, 2.24) is 0 Å². The van der Waals surface area contributed by atoms with E-state index < -0.39 is 17.5 Å². The molecule has 4 aromatic carbocycles. The number of esters is 1. The van der Waals surface area contributed by atoms with Gasteiger partial charge < -0.3 is 35.0 Å². The lowest BCUT2D eigenvalue weighted by atomic mass is 9.68. The molecule has 2 aliphatic rings. The van der Waals surface area contributed by atoms with Crippen molar-refractivity contribution < 1.29 is 39.8 Å². The number of carbonyl (C=O) groups is 1. The van der Waals surface area contributed by atoms with Crippen LogP contribution >= 0.6 is 0 Å². The largest absolute Gasteiger partial charge is 0.508 e. The van der Waals surface area contributed by atoms with Crippen LogP contribution in [0.15, 0.2) is 72.8 Å². The molecular formula is C29H20O8. The Morgan fingerprint density at radius 2 is 1.30 bits per heavy atom. The molecular weight excluding hydrogens is 476 g/mol. The Labute approximate surface area is 210 Å². The molecule has 2 heterocycles. The average molecular weight is 496 g/mol. The third-order valence-corrected chi connectivity index (χ3v) is 6.68. The normalized spacial score (nSPS) is 19.6. The number of phenolic OH excluding ortho intramolecular Hbond substituents is 5. The van der Waals surface area contributed by atoms with Crippen molar-refractivity contribution in [1.29, 1.82) is 0 Å². The highest BCUT2D eigenvalue weighted by molar-refractivity contribution is 6.00. The first-order chi connectivity index (χ1) is 17.8. The summed E-state index contributed by atoms with van der Waals surface area (Å²) in [7, 11) is 0. The van der Waals surface area contributed by atoms with E-state index in [1.807, 2.05) is 0 Å². The Morgan fingerprint density at radius 1 is 0.676 bits per heavy atom. The second-order valence-electron chi connectivity index (χ2n) is 8.96. The summed E-state index contributed by atoms with van der Waals surface area (Å²) >= 11 is 0. The van der Waals surface area contributed by atoms with Gasteiger partial charge in [-0.15, -0.1) is 0 Å². The molecule has 0 saturated carbocycles. The number of phenols is 5. The molecule has 0 bridgehead atoms. The van der Waals surface area contributed by atoms with Crippen molar-refractivity contribution in [3.8, 4) is 40.2 Å². The molecule has 2 aliphatic heterocycles. The Morgan fingerprint density at radius 3 is 2.00 bits per heavy atom. The van der Waals surface area contributed by atoms with Gasteiger partial charge in [0.15, 0.2) is 5.41 Å². The fraction of sp³-hybridized carbons (Fsp3) is 0.0690. The fourth-order valence-corrected chi connectivity index (χ4v) is 5.16. The summed E-state index contributed by atoms with van der Waals surface area (Å²) < 4.78 is 11.9. The predicted molar refractivity (Wildman–Crippen MR) is 133 cm³/mol. The van der Waals surface area contributed by atoms with E-state index in [4.69, 9.17) is 9.47 Å². The maximum atomic E-state index is 13.8. The minimum absolute atomic E-state index is 0.0191. The molecule has 5 N–H and O–H groups in total. The van der Waals surface area contributed by atoms with E-state index in [-0.39, 0.29) is 45.8 Å². The number of carbonyl (C=O) groups excluding carboxylic acids is 1.